The van der Waals surface area contributed by atoms with Gasteiger partial charge in [-0.3, -0.25) is 4.90 Å². The van der Waals surface area contributed by atoms with Gasteiger partial charge >= 0.3 is 6.09 Å². The van der Waals surface area contributed by atoms with Crippen LogP contribution < -0.4 is 5.32 Å². The largest absolute Gasteiger partial charge is 0.444 e. The predicted octanol–water partition coefficient (Wildman–Crippen LogP) is 3.73. The zero-order valence-electron chi connectivity index (χ0n) is 17.6. The summed E-state index contributed by atoms with van der Waals surface area (Å²) >= 11 is 0. The number of alkyl halides is 2. The summed E-state index contributed by atoms with van der Waals surface area (Å²) in [5, 5.41) is 2.80. The molecule has 2 saturated heterocycles. The Morgan fingerprint density at radius 2 is 1.93 bits per heavy atom. The normalized spacial score (nSPS) is 25.8. The van der Waals surface area contributed by atoms with E-state index < -0.39 is 17.6 Å². The Morgan fingerprint density at radius 1 is 1.30 bits per heavy atom. The molecule has 0 aromatic heterocycles. The van der Waals surface area contributed by atoms with E-state index in [9.17, 15) is 13.6 Å². The summed E-state index contributed by atoms with van der Waals surface area (Å²) in [7, 11) is 1.77. The summed E-state index contributed by atoms with van der Waals surface area (Å²) in [5.41, 5.74) is -0.381. The lowest BCUT2D eigenvalue weighted by atomic mass is 9.73. The number of rotatable bonds is 5. The van der Waals surface area contributed by atoms with Crippen LogP contribution in [-0.4, -0.2) is 73.2 Å². The maximum absolute atomic E-state index is 14.2. The molecule has 158 valence electrons. The van der Waals surface area contributed by atoms with E-state index in [2.05, 4.69) is 12.2 Å². The second-order valence-electron chi connectivity index (χ2n) is 9.28. The molecule has 7 heteroatoms. The van der Waals surface area contributed by atoms with Crippen molar-refractivity contribution in [3.63, 3.8) is 0 Å². The lowest BCUT2D eigenvalue weighted by molar-refractivity contribution is -0.108. The third-order valence-electron chi connectivity index (χ3n) is 6.17. The van der Waals surface area contributed by atoms with E-state index in [1.54, 1.807) is 11.9 Å². The third kappa shape index (κ3) is 6.01. The van der Waals surface area contributed by atoms with Crippen LogP contribution in [0.2, 0.25) is 0 Å². The number of carbonyl (C=O) groups is 1. The van der Waals surface area contributed by atoms with Gasteiger partial charge in [0.15, 0.2) is 0 Å². The fourth-order valence-corrected chi connectivity index (χ4v) is 4.20. The number of carbonyl (C=O) groups excluding carboxylic acids is 1. The highest BCUT2D eigenvalue weighted by atomic mass is 19.3. The molecular formula is C20H37F2N3O2. The minimum absolute atomic E-state index is 0.120. The highest BCUT2D eigenvalue weighted by Crippen LogP contribution is 2.41. The monoisotopic (exact) mass is 389 g/mol. The molecule has 2 aliphatic heterocycles. The maximum Gasteiger partial charge on any atom is 0.410 e. The minimum atomic E-state index is -2.65. The molecule has 0 aromatic rings. The standard InChI is InChI=1S/C20H37F2N3O2/c1-6-19(8-12-24(5)17(26)27-18(2,3)4)9-13-25(14-10-19)16-7-11-23-15-20(16,21)22/h16,23H,6-15H2,1-5H3. The van der Waals surface area contributed by atoms with Crippen molar-refractivity contribution in [3.05, 3.63) is 0 Å². The first-order valence-corrected chi connectivity index (χ1v) is 10.2. The van der Waals surface area contributed by atoms with Gasteiger partial charge in [0, 0.05) is 13.6 Å². The van der Waals surface area contributed by atoms with Crippen LogP contribution in [0, 0.1) is 5.41 Å². The summed E-state index contributed by atoms with van der Waals surface area (Å²) in [6.07, 6.45) is 3.91. The zero-order valence-corrected chi connectivity index (χ0v) is 17.6. The fraction of sp³-hybridized carbons (Fsp3) is 0.950. The van der Waals surface area contributed by atoms with E-state index >= 15 is 0 Å². The lowest BCUT2D eigenvalue weighted by Crippen LogP contribution is -2.59. The van der Waals surface area contributed by atoms with E-state index in [0.29, 0.717) is 32.6 Å². The van der Waals surface area contributed by atoms with Crippen LogP contribution in [0.5, 0.6) is 0 Å². The van der Waals surface area contributed by atoms with Gasteiger partial charge in [0.25, 0.3) is 5.92 Å². The Morgan fingerprint density at radius 3 is 2.44 bits per heavy atom. The summed E-state index contributed by atoms with van der Waals surface area (Å²) in [6.45, 7) is 10.3. The van der Waals surface area contributed by atoms with Crippen LogP contribution in [0.15, 0.2) is 0 Å². The van der Waals surface area contributed by atoms with Crippen LogP contribution in [-0.2, 0) is 4.74 Å². The number of hydrogen-bond donors (Lipinski definition) is 1. The molecule has 2 heterocycles. The number of hydrogen-bond acceptors (Lipinski definition) is 4. The van der Waals surface area contributed by atoms with Crippen LogP contribution >= 0.6 is 0 Å². The number of nitrogens with one attached hydrogen (secondary N) is 1. The first kappa shape index (κ1) is 22.3. The predicted molar refractivity (Wildman–Crippen MR) is 103 cm³/mol. The molecule has 1 atom stereocenters. The van der Waals surface area contributed by atoms with Crippen molar-refractivity contribution in [1.82, 2.24) is 15.1 Å². The van der Waals surface area contributed by atoms with Crippen molar-refractivity contribution in [2.75, 3.05) is 39.8 Å². The van der Waals surface area contributed by atoms with E-state index in [-0.39, 0.29) is 18.1 Å². The van der Waals surface area contributed by atoms with Crippen molar-refractivity contribution >= 4 is 6.09 Å². The quantitative estimate of drug-likeness (QED) is 0.778. The number of halogens is 2. The first-order valence-electron chi connectivity index (χ1n) is 10.2. The van der Waals surface area contributed by atoms with Crippen LogP contribution in [0.3, 0.4) is 0 Å². The van der Waals surface area contributed by atoms with Gasteiger partial charge in [0.05, 0.1) is 12.6 Å². The number of likely N-dealkylation sites (tertiary alicyclic amines) is 1. The molecular weight excluding hydrogens is 352 g/mol. The van der Waals surface area contributed by atoms with Gasteiger partial charge in [-0.25, -0.2) is 13.6 Å². The molecule has 0 aromatic carbocycles. The Bertz CT molecular complexity index is 500. The Balaban J connectivity index is 1.87. The van der Waals surface area contributed by atoms with Gasteiger partial charge in [0.2, 0.25) is 0 Å². The Hall–Kier alpha value is -0.950. The molecule has 2 aliphatic rings. The van der Waals surface area contributed by atoms with Crippen molar-refractivity contribution in [3.8, 4) is 0 Å². The number of amides is 1. The van der Waals surface area contributed by atoms with Crippen LogP contribution in [0.1, 0.15) is 59.8 Å². The van der Waals surface area contributed by atoms with Crippen molar-refractivity contribution in [1.29, 1.82) is 0 Å². The Kier molecular flexibility index (Phi) is 7.11. The first-order chi connectivity index (χ1) is 12.5. The van der Waals surface area contributed by atoms with Gasteiger partial charge in [-0.1, -0.05) is 13.3 Å². The highest BCUT2D eigenvalue weighted by molar-refractivity contribution is 5.67. The van der Waals surface area contributed by atoms with E-state index in [1.807, 2.05) is 25.7 Å². The van der Waals surface area contributed by atoms with Crippen molar-refractivity contribution in [2.24, 2.45) is 5.41 Å². The molecule has 0 spiro atoms. The summed E-state index contributed by atoms with van der Waals surface area (Å²) in [4.78, 5) is 15.8. The SMILES string of the molecule is CCC1(CCN(C)C(=O)OC(C)(C)C)CCN(C2CCNCC2(F)F)CC1. The van der Waals surface area contributed by atoms with Crippen molar-refractivity contribution in [2.45, 2.75) is 77.4 Å². The molecule has 0 radical (unpaired) electrons. The van der Waals surface area contributed by atoms with E-state index in [4.69, 9.17) is 4.74 Å². The molecule has 1 unspecified atom stereocenters. The van der Waals surface area contributed by atoms with Crippen molar-refractivity contribution < 1.29 is 18.3 Å². The van der Waals surface area contributed by atoms with Gasteiger partial charge in [-0.15, -0.1) is 0 Å². The fourth-order valence-electron chi connectivity index (χ4n) is 4.20. The number of ether oxygens (including phenoxy) is 1. The number of piperidine rings is 2. The van der Waals surface area contributed by atoms with Gasteiger partial charge in [-0.05, 0) is 71.5 Å². The average Bonchev–Trinajstić information content (AvgIpc) is 2.58. The molecule has 2 fully saturated rings. The smallest absolute Gasteiger partial charge is 0.410 e. The average molecular weight is 390 g/mol. The summed E-state index contributed by atoms with van der Waals surface area (Å²) in [6, 6.07) is -0.641. The van der Waals surface area contributed by atoms with E-state index in [0.717, 1.165) is 25.7 Å². The molecule has 1 amide bonds. The lowest BCUT2D eigenvalue weighted by Gasteiger charge is -2.47. The van der Waals surface area contributed by atoms with Gasteiger partial charge in [-0.2, -0.15) is 0 Å². The van der Waals surface area contributed by atoms with Crippen LogP contribution in [0.4, 0.5) is 13.6 Å². The second-order valence-corrected chi connectivity index (χ2v) is 9.28. The molecule has 0 saturated carbocycles. The number of nitrogens with zero attached hydrogens (tertiary/aromatic N) is 2. The molecule has 27 heavy (non-hydrogen) atoms. The second kappa shape index (κ2) is 8.60. The summed E-state index contributed by atoms with van der Waals surface area (Å²) in [5.74, 6) is -2.65. The third-order valence-corrected chi connectivity index (χ3v) is 6.17. The van der Waals surface area contributed by atoms with Gasteiger partial charge in [0.1, 0.15) is 5.60 Å². The maximum atomic E-state index is 14.2. The molecule has 5 nitrogen and oxygen atoms in total. The molecule has 1 N–H and O–H groups in total. The molecule has 2 rings (SSSR count). The van der Waals surface area contributed by atoms with E-state index in [1.165, 1.54) is 0 Å². The molecule has 0 aliphatic carbocycles. The minimum Gasteiger partial charge on any atom is -0.444 e. The summed E-state index contributed by atoms with van der Waals surface area (Å²) < 4.78 is 33.9. The Labute approximate surface area is 162 Å². The topological polar surface area (TPSA) is 44.8 Å². The van der Waals surface area contributed by atoms with Gasteiger partial charge < -0.3 is 15.0 Å². The van der Waals surface area contributed by atoms with Crippen LogP contribution in [0.25, 0.3) is 0 Å². The zero-order chi connectivity index (χ0) is 20.3. The molecule has 0 bridgehead atoms. The highest BCUT2D eigenvalue weighted by Gasteiger charge is 2.46.